The third kappa shape index (κ3) is 5.77. The summed E-state index contributed by atoms with van der Waals surface area (Å²) < 4.78 is 30.5. The Balaban J connectivity index is 1.88. The maximum absolute atomic E-state index is 13.5. The van der Waals surface area contributed by atoms with E-state index in [0.29, 0.717) is 42.8 Å². The van der Waals surface area contributed by atoms with Crippen LogP contribution in [0.3, 0.4) is 0 Å². The van der Waals surface area contributed by atoms with Gasteiger partial charge in [0.1, 0.15) is 12.1 Å². The molecule has 0 saturated carbocycles. The molecule has 0 radical (unpaired) electrons. The number of fused-ring (bicyclic) bond motifs is 1. The van der Waals surface area contributed by atoms with Crippen molar-refractivity contribution in [2.75, 3.05) is 13.1 Å². The Labute approximate surface area is 220 Å². The smallest absolute Gasteiger partial charge is 0.323 e. The second-order valence-corrected chi connectivity index (χ2v) is 13.9. The van der Waals surface area contributed by atoms with E-state index < -0.39 is 21.6 Å². The molecule has 2 aromatic rings. The zero-order valence-corrected chi connectivity index (χ0v) is 23.6. The first-order valence-electron chi connectivity index (χ1n) is 13.0. The van der Waals surface area contributed by atoms with Gasteiger partial charge >= 0.3 is 5.97 Å². The molecule has 1 aromatic carbocycles. The predicted molar refractivity (Wildman–Crippen MR) is 144 cm³/mol. The Morgan fingerprint density at radius 1 is 1.14 bits per heavy atom. The van der Waals surface area contributed by atoms with Crippen molar-refractivity contribution >= 4 is 21.7 Å². The number of carboxylic acids is 1. The summed E-state index contributed by atoms with van der Waals surface area (Å²) in [7, 11) is -3.62. The lowest BCUT2D eigenvalue weighted by molar-refractivity contribution is -0.137. The van der Waals surface area contributed by atoms with Gasteiger partial charge in [-0.05, 0) is 76.0 Å². The molecule has 2 heterocycles. The third-order valence-corrected chi connectivity index (χ3v) is 9.08. The third-order valence-electron chi connectivity index (χ3n) is 7.08. The lowest BCUT2D eigenvalue weighted by Gasteiger charge is -2.32. The summed E-state index contributed by atoms with van der Waals surface area (Å²) in [5, 5.41) is 14.3. The molecule has 0 atom stereocenters. The van der Waals surface area contributed by atoms with E-state index >= 15 is 0 Å². The van der Waals surface area contributed by atoms with Crippen molar-refractivity contribution in [1.82, 2.24) is 8.87 Å². The summed E-state index contributed by atoms with van der Waals surface area (Å²) in [4.78, 5) is 18.0. The molecule has 1 fully saturated rings. The molecule has 1 aliphatic carbocycles. The minimum absolute atomic E-state index is 0.137. The van der Waals surface area contributed by atoms with Gasteiger partial charge < -0.3 is 14.5 Å². The van der Waals surface area contributed by atoms with Gasteiger partial charge in [-0.1, -0.05) is 37.2 Å². The molecular formula is C28H39N3O5S. The van der Waals surface area contributed by atoms with Crippen LogP contribution in [-0.2, 0) is 39.0 Å². The molecule has 1 aliphatic heterocycles. The minimum Gasteiger partial charge on any atom is -0.480 e. The Hall–Kier alpha value is -2.65. The minimum atomic E-state index is -3.62. The summed E-state index contributed by atoms with van der Waals surface area (Å²) in [5.41, 5.74) is 4.41. The maximum atomic E-state index is 13.5. The number of nitrogens with zero attached hydrogens (tertiary/aromatic N) is 3. The van der Waals surface area contributed by atoms with Crippen LogP contribution in [-0.4, -0.2) is 52.8 Å². The first-order valence-corrected chi connectivity index (χ1v) is 14.4. The number of hydrogen-bond donors (Lipinski definition) is 1. The largest absolute Gasteiger partial charge is 0.480 e. The highest BCUT2D eigenvalue weighted by Crippen LogP contribution is 2.40. The summed E-state index contributed by atoms with van der Waals surface area (Å²) in [6.45, 7) is 12.9. The normalized spacial score (nSPS) is 19.2. The number of oxime groups is 1. The second-order valence-electron chi connectivity index (χ2n) is 12.0. The van der Waals surface area contributed by atoms with E-state index in [1.807, 2.05) is 44.4 Å². The zero-order chi connectivity index (χ0) is 27.2. The summed E-state index contributed by atoms with van der Waals surface area (Å²) in [6, 6.07) is 7.16. The predicted octanol–water partition coefficient (Wildman–Crippen LogP) is 4.75. The van der Waals surface area contributed by atoms with Crippen LogP contribution in [0.25, 0.3) is 0 Å². The molecule has 1 saturated heterocycles. The van der Waals surface area contributed by atoms with Gasteiger partial charge in [0.2, 0.25) is 10.0 Å². The summed E-state index contributed by atoms with van der Waals surface area (Å²) in [5.74, 6) is -0.919. The Morgan fingerprint density at radius 2 is 1.78 bits per heavy atom. The average molecular weight is 530 g/mol. The lowest BCUT2D eigenvalue weighted by Crippen LogP contribution is -2.30. The van der Waals surface area contributed by atoms with Crippen molar-refractivity contribution in [3.05, 3.63) is 52.3 Å². The molecule has 37 heavy (non-hydrogen) atoms. The fraction of sp³-hybridized carbons (Fsp3) is 0.571. The van der Waals surface area contributed by atoms with Crippen LogP contribution in [0.2, 0.25) is 0 Å². The van der Waals surface area contributed by atoms with E-state index in [9.17, 15) is 18.3 Å². The van der Waals surface area contributed by atoms with Gasteiger partial charge in [-0.25, -0.2) is 8.42 Å². The molecule has 202 valence electrons. The Kier molecular flexibility index (Phi) is 7.33. The SMILES string of the molecule is Cc1c(Cc2ccccc2S(=O)(=O)N2CCCC2)c2c(n1CC(=O)O)CC(C)(C)C/C2=N/OC(C)(C)C. The fourth-order valence-corrected chi connectivity index (χ4v) is 7.17. The number of hydrogen-bond acceptors (Lipinski definition) is 5. The number of carboxylic acid groups (broad SMARTS) is 1. The van der Waals surface area contributed by atoms with Crippen molar-refractivity contribution in [1.29, 1.82) is 0 Å². The lowest BCUT2D eigenvalue weighted by atomic mass is 9.74. The number of aliphatic carboxylic acids is 1. The van der Waals surface area contributed by atoms with Crippen molar-refractivity contribution in [3.63, 3.8) is 0 Å². The van der Waals surface area contributed by atoms with Crippen molar-refractivity contribution in [2.45, 2.75) is 90.7 Å². The van der Waals surface area contributed by atoms with Crippen molar-refractivity contribution in [2.24, 2.45) is 10.6 Å². The standard InChI is InChI=1S/C28H39N3O5S/c1-19-21(15-20-11-7-8-12-24(20)37(34,35)30-13-9-10-14-30)26-22(29-36-27(2,3)4)16-28(5,6)17-23(26)31(19)18-25(32)33/h7-8,11-12H,9-10,13-18H2,1-6H3,(H,32,33)/b29-22-. The van der Waals surface area contributed by atoms with Crippen LogP contribution < -0.4 is 0 Å². The van der Waals surface area contributed by atoms with Crippen LogP contribution in [0, 0.1) is 12.3 Å². The number of benzene rings is 1. The molecule has 9 heteroatoms. The highest BCUT2D eigenvalue weighted by molar-refractivity contribution is 7.89. The monoisotopic (exact) mass is 529 g/mol. The highest BCUT2D eigenvalue weighted by atomic mass is 32.2. The summed E-state index contributed by atoms with van der Waals surface area (Å²) in [6.07, 6.45) is 3.47. The molecule has 1 N–H and O–H groups in total. The van der Waals surface area contributed by atoms with E-state index in [-0.39, 0.29) is 12.0 Å². The maximum Gasteiger partial charge on any atom is 0.323 e. The van der Waals surface area contributed by atoms with E-state index in [2.05, 4.69) is 19.0 Å². The fourth-order valence-electron chi connectivity index (χ4n) is 5.43. The van der Waals surface area contributed by atoms with Crippen LogP contribution in [0.15, 0.2) is 34.3 Å². The van der Waals surface area contributed by atoms with Gasteiger partial charge in [0.05, 0.1) is 10.6 Å². The summed E-state index contributed by atoms with van der Waals surface area (Å²) >= 11 is 0. The topological polar surface area (TPSA) is 101 Å². The van der Waals surface area contributed by atoms with Gasteiger partial charge in [-0.2, -0.15) is 4.31 Å². The molecule has 0 unspecified atom stereocenters. The Bertz CT molecular complexity index is 1330. The molecule has 4 rings (SSSR count). The molecule has 2 aliphatic rings. The van der Waals surface area contributed by atoms with Crippen LogP contribution >= 0.6 is 0 Å². The van der Waals surface area contributed by atoms with Crippen molar-refractivity contribution in [3.8, 4) is 0 Å². The van der Waals surface area contributed by atoms with Gasteiger partial charge in [0.25, 0.3) is 0 Å². The van der Waals surface area contributed by atoms with E-state index in [1.54, 1.807) is 16.4 Å². The molecule has 8 nitrogen and oxygen atoms in total. The van der Waals surface area contributed by atoms with E-state index in [4.69, 9.17) is 4.84 Å². The van der Waals surface area contributed by atoms with E-state index in [0.717, 1.165) is 41.1 Å². The Morgan fingerprint density at radius 3 is 2.41 bits per heavy atom. The van der Waals surface area contributed by atoms with Gasteiger partial charge in [0, 0.05) is 36.5 Å². The molecule has 0 spiro atoms. The van der Waals surface area contributed by atoms with Crippen LogP contribution in [0.1, 0.15) is 82.0 Å². The second kappa shape index (κ2) is 9.91. The number of sulfonamides is 1. The molecular weight excluding hydrogens is 490 g/mol. The van der Waals surface area contributed by atoms with Gasteiger partial charge in [-0.3, -0.25) is 4.79 Å². The van der Waals surface area contributed by atoms with Crippen molar-refractivity contribution < 1.29 is 23.2 Å². The van der Waals surface area contributed by atoms with Crippen LogP contribution in [0.5, 0.6) is 0 Å². The number of carbonyl (C=O) groups is 1. The highest BCUT2D eigenvalue weighted by Gasteiger charge is 2.37. The quantitative estimate of drug-likeness (QED) is 0.522. The molecule has 1 aromatic heterocycles. The molecule has 0 amide bonds. The van der Waals surface area contributed by atoms with Gasteiger partial charge in [-0.15, -0.1) is 0 Å². The first-order chi connectivity index (χ1) is 17.2. The van der Waals surface area contributed by atoms with Gasteiger partial charge in [0.15, 0.2) is 0 Å². The number of aromatic nitrogens is 1. The number of rotatable bonds is 7. The zero-order valence-electron chi connectivity index (χ0n) is 22.8. The first kappa shape index (κ1) is 27.4. The van der Waals surface area contributed by atoms with E-state index in [1.165, 1.54) is 0 Å². The average Bonchev–Trinajstić information content (AvgIpc) is 3.41. The van der Waals surface area contributed by atoms with Crippen LogP contribution in [0.4, 0.5) is 0 Å². The molecule has 0 bridgehead atoms.